The molecular formula is C23H34O2Si. The van der Waals surface area contributed by atoms with Gasteiger partial charge in [-0.3, -0.25) is 0 Å². The van der Waals surface area contributed by atoms with Gasteiger partial charge in [0.05, 0.1) is 0 Å². The van der Waals surface area contributed by atoms with E-state index in [0.717, 1.165) is 12.8 Å². The highest BCUT2D eigenvalue weighted by atomic mass is 28.4. The van der Waals surface area contributed by atoms with Gasteiger partial charge in [-0.15, -0.1) is 0 Å². The average Bonchev–Trinajstić information content (AvgIpc) is 2.61. The van der Waals surface area contributed by atoms with Gasteiger partial charge in [0, 0.05) is 13.2 Å². The summed E-state index contributed by atoms with van der Waals surface area (Å²) < 4.78 is 6.99. The van der Waals surface area contributed by atoms with Crippen molar-refractivity contribution in [3.05, 3.63) is 60.7 Å². The average molecular weight is 371 g/mol. The Balaban J connectivity index is 2.51. The fraction of sp³-hybridized carbons (Fsp3) is 0.478. The summed E-state index contributed by atoms with van der Waals surface area (Å²) in [7, 11) is -2.46. The summed E-state index contributed by atoms with van der Waals surface area (Å²) in [5.74, 6) is 0. The molecule has 0 heterocycles. The van der Waals surface area contributed by atoms with Gasteiger partial charge in [0.1, 0.15) is 0 Å². The first-order chi connectivity index (χ1) is 12.2. The summed E-state index contributed by atoms with van der Waals surface area (Å²) in [5, 5.41) is 11.8. The van der Waals surface area contributed by atoms with Crippen molar-refractivity contribution in [2.45, 2.75) is 52.5 Å². The lowest BCUT2D eigenvalue weighted by Gasteiger charge is -2.44. The zero-order chi connectivity index (χ0) is 19.3. The molecule has 0 unspecified atom stereocenters. The van der Waals surface area contributed by atoms with Crippen LogP contribution in [0.3, 0.4) is 0 Å². The predicted molar refractivity (Wildman–Crippen MR) is 114 cm³/mol. The van der Waals surface area contributed by atoms with E-state index in [1.807, 2.05) is 0 Å². The molecule has 2 nitrogen and oxygen atoms in total. The number of hydrogen-bond donors (Lipinski definition) is 1. The Morgan fingerprint density at radius 2 is 1.27 bits per heavy atom. The molecule has 142 valence electrons. The standard InChI is InChI=1S/C23H34O2Si/c1-22(2,3)26(20-13-8-6-9-14-20,21-15-10-7-11-16-21)25-19-23(4,5)17-12-18-24/h6-11,13-16,24H,12,17-19H2,1-5H3. The molecule has 0 bridgehead atoms. The molecule has 0 radical (unpaired) electrons. The lowest BCUT2D eigenvalue weighted by Crippen LogP contribution is -2.67. The molecule has 0 aliphatic heterocycles. The van der Waals surface area contributed by atoms with Crippen LogP contribution in [-0.2, 0) is 4.43 Å². The first kappa shape index (κ1) is 20.9. The van der Waals surface area contributed by atoms with Gasteiger partial charge in [-0.05, 0) is 33.7 Å². The van der Waals surface area contributed by atoms with Gasteiger partial charge in [0.2, 0.25) is 0 Å². The van der Waals surface area contributed by atoms with Gasteiger partial charge in [-0.2, -0.15) is 0 Å². The maximum atomic E-state index is 9.21. The van der Waals surface area contributed by atoms with Gasteiger partial charge in [-0.25, -0.2) is 0 Å². The second-order valence-electron chi connectivity index (χ2n) is 8.94. The maximum absolute atomic E-state index is 9.21. The molecule has 0 atom stereocenters. The van der Waals surface area contributed by atoms with Crippen molar-refractivity contribution in [3.63, 3.8) is 0 Å². The highest BCUT2D eigenvalue weighted by Crippen LogP contribution is 2.38. The summed E-state index contributed by atoms with van der Waals surface area (Å²) >= 11 is 0. The monoisotopic (exact) mass is 370 g/mol. The van der Waals surface area contributed by atoms with E-state index >= 15 is 0 Å². The quantitative estimate of drug-likeness (QED) is 0.700. The second-order valence-corrected chi connectivity index (χ2v) is 13.2. The summed E-state index contributed by atoms with van der Waals surface area (Å²) in [5.41, 5.74) is 0.0375. The smallest absolute Gasteiger partial charge is 0.261 e. The first-order valence-corrected chi connectivity index (χ1v) is 11.5. The van der Waals surface area contributed by atoms with Crippen LogP contribution in [0.4, 0.5) is 0 Å². The Hall–Kier alpha value is -1.42. The van der Waals surface area contributed by atoms with E-state index < -0.39 is 8.32 Å². The minimum Gasteiger partial charge on any atom is -0.407 e. The van der Waals surface area contributed by atoms with Crippen molar-refractivity contribution in [1.29, 1.82) is 0 Å². The van der Waals surface area contributed by atoms with Gasteiger partial charge < -0.3 is 9.53 Å². The summed E-state index contributed by atoms with van der Waals surface area (Å²) in [4.78, 5) is 0. The Bertz CT molecular complexity index is 620. The predicted octanol–water partition coefficient (Wildman–Crippen LogP) is 4.36. The van der Waals surface area contributed by atoms with E-state index in [9.17, 15) is 5.11 Å². The van der Waals surface area contributed by atoms with Gasteiger partial charge in [-0.1, -0.05) is 95.3 Å². The Morgan fingerprint density at radius 1 is 0.808 bits per heavy atom. The number of benzene rings is 2. The van der Waals surface area contributed by atoms with E-state index in [0.29, 0.717) is 6.61 Å². The summed E-state index contributed by atoms with van der Waals surface area (Å²) in [6, 6.07) is 21.5. The number of rotatable bonds is 8. The van der Waals surface area contributed by atoms with Gasteiger partial charge in [0.15, 0.2) is 0 Å². The fourth-order valence-electron chi connectivity index (χ4n) is 3.69. The Morgan fingerprint density at radius 3 is 1.65 bits per heavy atom. The summed E-state index contributed by atoms with van der Waals surface area (Å²) in [6.07, 6.45) is 1.78. The minimum atomic E-state index is -2.46. The van der Waals surface area contributed by atoms with Crippen molar-refractivity contribution in [2.75, 3.05) is 13.2 Å². The molecule has 2 rings (SSSR count). The van der Waals surface area contributed by atoms with Crippen molar-refractivity contribution < 1.29 is 9.53 Å². The zero-order valence-electron chi connectivity index (χ0n) is 17.0. The molecule has 0 spiro atoms. The lowest BCUT2D eigenvalue weighted by molar-refractivity contribution is 0.147. The van der Waals surface area contributed by atoms with Crippen LogP contribution < -0.4 is 10.4 Å². The lowest BCUT2D eigenvalue weighted by atomic mass is 9.89. The molecule has 3 heteroatoms. The fourth-order valence-corrected chi connectivity index (χ4v) is 8.46. The van der Waals surface area contributed by atoms with Crippen LogP contribution in [0.1, 0.15) is 47.5 Å². The summed E-state index contributed by atoms with van der Waals surface area (Å²) in [6.45, 7) is 12.3. The van der Waals surface area contributed by atoms with E-state index in [4.69, 9.17) is 4.43 Å². The van der Waals surface area contributed by atoms with E-state index in [1.54, 1.807) is 0 Å². The molecule has 0 amide bonds. The highest BCUT2D eigenvalue weighted by Gasteiger charge is 2.50. The zero-order valence-corrected chi connectivity index (χ0v) is 18.0. The molecule has 2 aromatic rings. The van der Waals surface area contributed by atoms with Gasteiger partial charge >= 0.3 is 0 Å². The highest BCUT2D eigenvalue weighted by molar-refractivity contribution is 6.99. The molecule has 1 N–H and O–H groups in total. The molecule has 2 aromatic carbocycles. The molecule has 0 saturated heterocycles. The molecule has 0 fully saturated rings. The van der Waals surface area contributed by atoms with E-state index in [1.165, 1.54) is 10.4 Å². The Kier molecular flexibility index (Phi) is 6.84. The minimum absolute atomic E-state index is 0.00274. The number of aliphatic hydroxyl groups is 1. The molecular weight excluding hydrogens is 336 g/mol. The second kappa shape index (κ2) is 8.51. The van der Waals surface area contributed by atoms with Crippen molar-refractivity contribution in [3.8, 4) is 0 Å². The Labute approximate surface area is 160 Å². The van der Waals surface area contributed by atoms with E-state index in [-0.39, 0.29) is 17.1 Å². The maximum Gasteiger partial charge on any atom is 0.261 e. The van der Waals surface area contributed by atoms with Crippen LogP contribution in [0.2, 0.25) is 5.04 Å². The molecule has 0 aliphatic rings. The van der Waals surface area contributed by atoms with Crippen molar-refractivity contribution in [1.82, 2.24) is 0 Å². The van der Waals surface area contributed by atoms with Crippen LogP contribution in [0.5, 0.6) is 0 Å². The van der Waals surface area contributed by atoms with Crippen LogP contribution in [0.25, 0.3) is 0 Å². The van der Waals surface area contributed by atoms with Crippen LogP contribution in [0, 0.1) is 5.41 Å². The largest absolute Gasteiger partial charge is 0.407 e. The normalized spacial score (nSPS) is 13.0. The third-order valence-corrected chi connectivity index (χ3v) is 10.1. The number of aliphatic hydroxyl groups excluding tert-OH is 1. The molecule has 26 heavy (non-hydrogen) atoms. The SMILES string of the molecule is CC(C)(CCCO)CO[Si](c1ccccc1)(c1ccccc1)C(C)(C)C. The number of hydrogen-bond acceptors (Lipinski definition) is 2. The molecule has 0 aliphatic carbocycles. The van der Waals surface area contributed by atoms with Crippen LogP contribution in [0.15, 0.2) is 60.7 Å². The molecule has 0 aromatic heterocycles. The van der Waals surface area contributed by atoms with E-state index in [2.05, 4.69) is 95.3 Å². The van der Waals surface area contributed by atoms with Crippen LogP contribution in [-0.4, -0.2) is 26.6 Å². The molecule has 0 saturated carbocycles. The van der Waals surface area contributed by atoms with Crippen molar-refractivity contribution in [2.24, 2.45) is 5.41 Å². The van der Waals surface area contributed by atoms with Gasteiger partial charge in [0.25, 0.3) is 8.32 Å². The third kappa shape index (κ3) is 4.64. The van der Waals surface area contributed by atoms with Crippen LogP contribution >= 0.6 is 0 Å². The topological polar surface area (TPSA) is 29.5 Å². The third-order valence-electron chi connectivity index (χ3n) is 5.11. The first-order valence-electron chi connectivity index (χ1n) is 9.59. The van der Waals surface area contributed by atoms with Crippen molar-refractivity contribution >= 4 is 18.7 Å².